The highest BCUT2D eigenvalue weighted by molar-refractivity contribution is 6.41. The van der Waals surface area contributed by atoms with Gasteiger partial charge in [-0.3, -0.25) is 9.59 Å². The maximum absolute atomic E-state index is 11.7. The summed E-state index contributed by atoms with van der Waals surface area (Å²) < 4.78 is 10.6. The Morgan fingerprint density at radius 3 is 2.67 bits per heavy atom. The normalized spacial score (nSPS) is 34.3. The number of ether oxygens (including phenoxy) is 2. The van der Waals surface area contributed by atoms with Gasteiger partial charge >= 0.3 is 0 Å². The summed E-state index contributed by atoms with van der Waals surface area (Å²) in [6.07, 6.45) is 2.17. The van der Waals surface area contributed by atoms with Crippen LogP contribution in [0.25, 0.3) is 0 Å². The molecule has 0 radical (unpaired) electrons. The first-order valence-corrected chi connectivity index (χ1v) is 5.14. The molecule has 82 valence electrons. The summed E-state index contributed by atoms with van der Waals surface area (Å²) in [5.74, 6) is -0.906. The molecule has 3 rings (SSSR count). The average molecular weight is 210 g/mol. The number of hydrogen-bond donors (Lipinski definition) is 0. The Morgan fingerprint density at radius 2 is 2.13 bits per heavy atom. The van der Waals surface area contributed by atoms with Gasteiger partial charge < -0.3 is 9.47 Å². The van der Waals surface area contributed by atoms with E-state index < -0.39 is 5.92 Å². The molecular weight excluding hydrogens is 196 g/mol. The Morgan fingerprint density at radius 1 is 1.40 bits per heavy atom. The van der Waals surface area contributed by atoms with Crippen LogP contribution < -0.4 is 0 Å². The minimum atomic E-state index is -0.507. The SMILES string of the molecule is CCO[C@@H]1C[C@H]2C=C(OC)[C@@H]1C(=O)C2=O. The molecule has 3 aliphatic carbocycles. The van der Waals surface area contributed by atoms with Crippen molar-refractivity contribution in [1.82, 2.24) is 0 Å². The van der Waals surface area contributed by atoms with Crippen molar-refractivity contribution in [2.45, 2.75) is 19.4 Å². The predicted octanol–water partition coefficient (Wildman–Crippen LogP) is 0.710. The Bertz CT molecular complexity index is 331. The second kappa shape index (κ2) is 3.77. The van der Waals surface area contributed by atoms with Gasteiger partial charge in [0.25, 0.3) is 0 Å². The molecule has 4 heteroatoms. The summed E-state index contributed by atoms with van der Waals surface area (Å²) in [6.45, 7) is 2.43. The second-order valence-corrected chi connectivity index (χ2v) is 3.82. The third-order valence-corrected chi connectivity index (χ3v) is 3.01. The summed E-state index contributed by atoms with van der Waals surface area (Å²) in [5, 5.41) is 0. The molecular formula is C11H14O4. The highest BCUT2D eigenvalue weighted by Crippen LogP contribution is 2.38. The molecule has 2 bridgehead atoms. The summed E-state index contributed by atoms with van der Waals surface area (Å²) in [4.78, 5) is 23.2. The molecule has 0 amide bonds. The van der Waals surface area contributed by atoms with Gasteiger partial charge in [-0.1, -0.05) is 0 Å². The van der Waals surface area contributed by atoms with Crippen LogP contribution in [0.3, 0.4) is 0 Å². The largest absolute Gasteiger partial charge is 0.501 e. The highest BCUT2D eigenvalue weighted by atomic mass is 16.5. The Balaban J connectivity index is 2.31. The standard InChI is InChI=1S/C11H14O4/c1-3-15-8-5-6-4-7(14-2)9(8)11(13)10(6)12/h4,6,8-9H,3,5H2,1-2H3/t6-,8-,9+/m1/s1. The van der Waals surface area contributed by atoms with E-state index in [0.717, 1.165) is 0 Å². The van der Waals surface area contributed by atoms with Crippen LogP contribution in [0.2, 0.25) is 0 Å². The van der Waals surface area contributed by atoms with Crippen LogP contribution in [0, 0.1) is 11.8 Å². The van der Waals surface area contributed by atoms with Crippen LogP contribution in [-0.4, -0.2) is 31.4 Å². The van der Waals surface area contributed by atoms with Crippen molar-refractivity contribution in [3.63, 3.8) is 0 Å². The van der Waals surface area contributed by atoms with E-state index in [2.05, 4.69) is 0 Å². The molecule has 3 aliphatic rings. The molecule has 0 aromatic rings. The van der Waals surface area contributed by atoms with E-state index in [0.29, 0.717) is 18.8 Å². The van der Waals surface area contributed by atoms with Gasteiger partial charge in [0.15, 0.2) is 0 Å². The van der Waals surface area contributed by atoms with E-state index in [1.807, 2.05) is 6.92 Å². The molecule has 0 unspecified atom stereocenters. The number of hydrogen-bond acceptors (Lipinski definition) is 4. The number of allylic oxidation sites excluding steroid dienone is 1. The van der Waals surface area contributed by atoms with Crippen LogP contribution in [0.15, 0.2) is 11.8 Å². The molecule has 0 aromatic heterocycles. The lowest BCUT2D eigenvalue weighted by molar-refractivity contribution is -0.150. The molecule has 1 fully saturated rings. The zero-order valence-corrected chi connectivity index (χ0v) is 8.86. The van der Waals surface area contributed by atoms with Gasteiger partial charge in [-0.05, 0) is 19.4 Å². The lowest BCUT2D eigenvalue weighted by Crippen LogP contribution is -2.49. The molecule has 15 heavy (non-hydrogen) atoms. The third kappa shape index (κ3) is 1.49. The first-order chi connectivity index (χ1) is 7.19. The van der Waals surface area contributed by atoms with Crippen LogP contribution in [-0.2, 0) is 19.1 Å². The summed E-state index contributed by atoms with van der Waals surface area (Å²) in [7, 11) is 1.52. The fourth-order valence-corrected chi connectivity index (χ4v) is 2.33. The van der Waals surface area contributed by atoms with Crippen LogP contribution in [0.4, 0.5) is 0 Å². The number of carbonyl (C=O) groups excluding carboxylic acids is 2. The van der Waals surface area contributed by atoms with E-state index in [9.17, 15) is 9.59 Å². The lowest BCUT2D eigenvalue weighted by atomic mass is 9.71. The van der Waals surface area contributed by atoms with Crippen LogP contribution >= 0.6 is 0 Å². The van der Waals surface area contributed by atoms with E-state index >= 15 is 0 Å². The van der Waals surface area contributed by atoms with E-state index in [4.69, 9.17) is 9.47 Å². The summed E-state index contributed by atoms with van der Waals surface area (Å²) in [5.41, 5.74) is 0. The Labute approximate surface area is 88.2 Å². The van der Waals surface area contributed by atoms with Crippen molar-refractivity contribution in [2.75, 3.05) is 13.7 Å². The van der Waals surface area contributed by atoms with Crippen molar-refractivity contribution in [3.8, 4) is 0 Å². The number of methoxy groups -OCH3 is 1. The van der Waals surface area contributed by atoms with Gasteiger partial charge in [0.1, 0.15) is 11.7 Å². The Hall–Kier alpha value is -1.16. The molecule has 1 saturated carbocycles. The summed E-state index contributed by atoms with van der Waals surface area (Å²) in [6, 6.07) is 0. The minimum Gasteiger partial charge on any atom is -0.501 e. The smallest absolute Gasteiger partial charge is 0.212 e. The van der Waals surface area contributed by atoms with Crippen LogP contribution in [0.1, 0.15) is 13.3 Å². The number of carbonyl (C=O) groups is 2. The first-order valence-electron chi connectivity index (χ1n) is 5.14. The van der Waals surface area contributed by atoms with E-state index in [1.165, 1.54) is 7.11 Å². The quantitative estimate of drug-likeness (QED) is 0.644. The van der Waals surface area contributed by atoms with Crippen molar-refractivity contribution >= 4 is 11.6 Å². The second-order valence-electron chi connectivity index (χ2n) is 3.82. The van der Waals surface area contributed by atoms with Gasteiger partial charge in [0, 0.05) is 12.5 Å². The lowest BCUT2D eigenvalue weighted by Gasteiger charge is -2.38. The molecule has 4 nitrogen and oxygen atoms in total. The number of rotatable bonds is 3. The van der Waals surface area contributed by atoms with Gasteiger partial charge in [-0.25, -0.2) is 0 Å². The number of Topliss-reactive ketones (excluding diaryl/α,β-unsaturated/α-hetero) is 2. The average Bonchev–Trinajstić information content (AvgIpc) is 2.24. The Kier molecular flexibility index (Phi) is 2.61. The molecule has 0 heterocycles. The monoisotopic (exact) mass is 210 g/mol. The number of fused-ring (bicyclic) bond motifs is 2. The highest BCUT2D eigenvalue weighted by Gasteiger charge is 2.49. The van der Waals surface area contributed by atoms with Gasteiger partial charge in [-0.15, -0.1) is 0 Å². The van der Waals surface area contributed by atoms with Gasteiger partial charge in [-0.2, -0.15) is 0 Å². The van der Waals surface area contributed by atoms with Gasteiger partial charge in [0.2, 0.25) is 11.6 Å². The molecule has 3 atom stereocenters. The molecule has 0 N–H and O–H groups in total. The predicted molar refractivity (Wildman–Crippen MR) is 52.1 cm³/mol. The van der Waals surface area contributed by atoms with Crippen molar-refractivity contribution in [3.05, 3.63) is 11.8 Å². The van der Waals surface area contributed by atoms with Crippen molar-refractivity contribution in [2.24, 2.45) is 11.8 Å². The molecule has 0 aliphatic heterocycles. The zero-order chi connectivity index (χ0) is 11.0. The molecule has 0 aromatic carbocycles. The fourth-order valence-electron chi connectivity index (χ4n) is 2.33. The van der Waals surface area contributed by atoms with Crippen molar-refractivity contribution in [1.29, 1.82) is 0 Å². The zero-order valence-electron chi connectivity index (χ0n) is 8.86. The third-order valence-electron chi connectivity index (χ3n) is 3.01. The molecule has 0 spiro atoms. The van der Waals surface area contributed by atoms with Crippen LogP contribution in [0.5, 0.6) is 0 Å². The van der Waals surface area contributed by atoms with E-state index in [-0.39, 0.29) is 23.6 Å². The molecule has 0 saturated heterocycles. The summed E-state index contributed by atoms with van der Waals surface area (Å²) >= 11 is 0. The maximum atomic E-state index is 11.7. The maximum Gasteiger partial charge on any atom is 0.212 e. The fraction of sp³-hybridized carbons (Fsp3) is 0.636. The first kappa shape index (κ1) is 10.4. The minimum absolute atomic E-state index is 0.190. The van der Waals surface area contributed by atoms with Crippen molar-refractivity contribution < 1.29 is 19.1 Å². The van der Waals surface area contributed by atoms with E-state index in [1.54, 1.807) is 6.08 Å². The topological polar surface area (TPSA) is 52.6 Å². The van der Waals surface area contributed by atoms with Gasteiger partial charge in [0.05, 0.1) is 13.2 Å². The number of ketones is 2.